The molecular formula is C24H28Cl3N7O2. The standard InChI is InChI=1S/C24H28Cl3N7O2/c1-24(21(28)35)6-2-15(3-7-24)34-20-18(12-29-22(33-20)30-14-4-8-36-9-5-14)31-23(34)32-19-16(26)10-13(25)11-17(19)27/h10-12,14-15H,2-9H2,1H3,(H2,28,35)(H,31,32)(H,29,30,33). The number of hydrogen-bond donors (Lipinski definition) is 3. The summed E-state index contributed by atoms with van der Waals surface area (Å²) in [6.07, 6.45) is 6.35. The molecule has 1 saturated carbocycles. The van der Waals surface area contributed by atoms with Gasteiger partial charge in [-0.2, -0.15) is 4.98 Å². The van der Waals surface area contributed by atoms with Crippen LogP contribution in [0.3, 0.4) is 0 Å². The van der Waals surface area contributed by atoms with Crippen LogP contribution in [0.15, 0.2) is 18.3 Å². The van der Waals surface area contributed by atoms with Gasteiger partial charge in [-0.3, -0.25) is 9.36 Å². The van der Waals surface area contributed by atoms with Crippen LogP contribution in [-0.2, 0) is 9.53 Å². The number of carbonyl (C=O) groups excluding carboxylic acids is 1. The summed E-state index contributed by atoms with van der Waals surface area (Å²) in [7, 11) is 0. The van der Waals surface area contributed by atoms with Crippen LogP contribution in [0, 0.1) is 5.41 Å². The highest BCUT2D eigenvalue weighted by Gasteiger charge is 2.37. The number of nitrogens with one attached hydrogen (secondary N) is 2. The Morgan fingerprint density at radius 3 is 2.42 bits per heavy atom. The van der Waals surface area contributed by atoms with E-state index >= 15 is 0 Å². The lowest BCUT2D eigenvalue weighted by Gasteiger charge is -2.35. The highest BCUT2D eigenvalue weighted by atomic mass is 35.5. The van der Waals surface area contributed by atoms with Gasteiger partial charge >= 0.3 is 0 Å². The van der Waals surface area contributed by atoms with Crippen LogP contribution < -0.4 is 16.4 Å². The zero-order chi connectivity index (χ0) is 25.4. The fraction of sp³-hybridized carbons (Fsp3) is 0.500. The first-order chi connectivity index (χ1) is 17.2. The summed E-state index contributed by atoms with van der Waals surface area (Å²) in [5.41, 5.74) is 7.01. The number of halogens is 3. The number of hydrogen-bond acceptors (Lipinski definition) is 7. The minimum atomic E-state index is -0.520. The third-order valence-electron chi connectivity index (χ3n) is 7.25. The summed E-state index contributed by atoms with van der Waals surface area (Å²) in [5.74, 6) is 0.823. The predicted molar refractivity (Wildman–Crippen MR) is 142 cm³/mol. The minimum absolute atomic E-state index is 0.0422. The molecule has 0 unspecified atom stereocenters. The Labute approximate surface area is 224 Å². The van der Waals surface area contributed by atoms with Crippen molar-refractivity contribution in [2.75, 3.05) is 23.8 Å². The highest BCUT2D eigenvalue weighted by molar-refractivity contribution is 6.41. The molecule has 192 valence electrons. The van der Waals surface area contributed by atoms with Gasteiger partial charge in [0, 0.05) is 35.7 Å². The zero-order valence-corrected chi connectivity index (χ0v) is 22.1. The minimum Gasteiger partial charge on any atom is -0.381 e. The van der Waals surface area contributed by atoms with Crippen molar-refractivity contribution in [1.82, 2.24) is 19.5 Å². The Kier molecular flexibility index (Phi) is 7.18. The predicted octanol–water partition coefficient (Wildman–Crippen LogP) is 5.73. The van der Waals surface area contributed by atoms with Gasteiger partial charge in [0.25, 0.3) is 0 Å². The normalized spacial score (nSPS) is 23.1. The molecule has 36 heavy (non-hydrogen) atoms. The largest absolute Gasteiger partial charge is 0.381 e. The number of fused-ring (bicyclic) bond motifs is 1. The number of ether oxygens (including phenoxy) is 1. The van der Waals surface area contributed by atoms with E-state index in [-0.39, 0.29) is 18.0 Å². The number of imidazole rings is 1. The van der Waals surface area contributed by atoms with Gasteiger partial charge in [-0.15, -0.1) is 0 Å². The maximum absolute atomic E-state index is 12.0. The maximum Gasteiger partial charge on any atom is 0.224 e. The molecule has 2 aliphatic rings. The fourth-order valence-corrected chi connectivity index (χ4v) is 5.85. The molecule has 1 amide bonds. The average molecular weight is 553 g/mol. The molecule has 12 heteroatoms. The monoisotopic (exact) mass is 551 g/mol. The van der Waals surface area contributed by atoms with Crippen molar-refractivity contribution in [3.8, 4) is 0 Å². The van der Waals surface area contributed by atoms with Crippen LogP contribution in [0.5, 0.6) is 0 Å². The van der Waals surface area contributed by atoms with Crippen molar-refractivity contribution < 1.29 is 9.53 Å². The quantitative estimate of drug-likeness (QED) is 0.357. The molecule has 9 nitrogen and oxygen atoms in total. The van der Waals surface area contributed by atoms with Crippen LogP contribution in [-0.4, -0.2) is 44.7 Å². The van der Waals surface area contributed by atoms with E-state index in [0.29, 0.717) is 56.7 Å². The summed E-state index contributed by atoms with van der Waals surface area (Å²) in [6.45, 7) is 3.37. The summed E-state index contributed by atoms with van der Waals surface area (Å²) >= 11 is 19.0. The Hall–Kier alpha value is -2.33. The molecule has 0 spiro atoms. The van der Waals surface area contributed by atoms with Gasteiger partial charge in [-0.1, -0.05) is 41.7 Å². The molecule has 1 saturated heterocycles. The maximum atomic E-state index is 12.0. The molecule has 0 atom stereocenters. The summed E-state index contributed by atoms with van der Waals surface area (Å²) in [4.78, 5) is 26.2. The lowest BCUT2D eigenvalue weighted by molar-refractivity contribution is -0.128. The topological polar surface area (TPSA) is 120 Å². The van der Waals surface area contributed by atoms with E-state index < -0.39 is 5.41 Å². The summed E-state index contributed by atoms with van der Waals surface area (Å²) < 4.78 is 7.52. The Morgan fingerprint density at radius 1 is 1.11 bits per heavy atom. The van der Waals surface area contributed by atoms with Gasteiger partial charge in [-0.25, -0.2) is 9.97 Å². The zero-order valence-electron chi connectivity index (χ0n) is 19.9. The second-order valence-corrected chi connectivity index (χ2v) is 11.0. The number of nitrogens with two attached hydrogens (primary N) is 1. The number of primary amides is 1. The van der Waals surface area contributed by atoms with Gasteiger partial charge in [0.15, 0.2) is 5.65 Å². The van der Waals surface area contributed by atoms with Crippen LogP contribution in [0.25, 0.3) is 11.2 Å². The molecule has 0 bridgehead atoms. The van der Waals surface area contributed by atoms with E-state index in [1.54, 1.807) is 18.3 Å². The summed E-state index contributed by atoms with van der Waals surface area (Å²) in [6, 6.07) is 3.54. The van der Waals surface area contributed by atoms with Crippen LogP contribution in [0.4, 0.5) is 17.6 Å². The second kappa shape index (κ2) is 10.2. The Bertz CT molecular complexity index is 1260. The number of amides is 1. The number of aromatic nitrogens is 4. The first-order valence-electron chi connectivity index (χ1n) is 12.0. The molecule has 3 aromatic rings. The van der Waals surface area contributed by atoms with E-state index in [0.717, 1.165) is 38.9 Å². The number of rotatable bonds is 6. The lowest BCUT2D eigenvalue weighted by Crippen LogP contribution is -2.38. The number of benzene rings is 1. The molecule has 1 aliphatic heterocycles. The van der Waals surface area contributed by atoms with E-state index in [4.69, 9.17) is 55.2 Å². The van der Waals surface area contributed by atoms with Gasteiger partial charge in [-0.05, 0) is 50.7 Å². The fourth-order valence-electron chi connectivity index (χ4n) is 4.94. The van der Waals surface area contributed by atoms with E-state index in [2.05, 4.69) is 20.2 Å². The molecular weight excluding hydrogens is 525 g/mol. The molecule has 2 fully saturated rings. The molecule has 5 rings (SSSR count). The average Bonchev–Trinajstić information content (AvgIpc) is 3.20. The molecule has 4 N–H and O–H groups in total. The third-order valence-corrected chi connectivity index (χ3v) is 8.06. The van der Waals surface area contributed by atoms with Crippen molar-refractivity contribution >= 4 is 69.5 Å². The third kappa shape index (κ3) is 5.07. The smallest absolute Gasteiger partial charge is 0.224 e. The molecule has 1 aliphatic carbocycles. The Balaban J connectivity index is 1.53. The van der Waals surface area contributed by atoms with Crippen molar-refractivity contribution in [3.05, 3.63) is 33.4 Å². The number of anilines is 3. The van der Waals surface area contributed by atoms with Crippen LogP contribution >= 0.6 is 34.8 Å². The summed E-state index contributed by atoms with van der Waals surface area (Å²) in [5, 5.41) is 7.93. The van der Waals surface area contributed by atoms with Gasteiger partial charge in [0.2, 0.25) is 17.8 Å². The number of carbonyl (C=O) groups is 1. The lowest BCUT2D eigenvalue weighted by atomic mass is 9.73. The van der Waals surface area contributed by atoms with Crippen molar-refractivity contribution in [2.45, 2.75) is 57.5 Å². The molecule has 2 aromatic heterocycles. The van der Waals surface area contributed by atoms with Gasteiger partial charge in [0.05, 0.1) is 21.9 Å². The van der Waals surface area contributed by atoms with E-state index in [1.807, 2.05) is 6.92 Å². The SMILES string of the molecule is CC1(C(N)=O)CCC(n2c(Nc3c(Cl)cc(Cl)cc3Cl)nc3cnc(NC4CCOCC4)nc32)CC1. The van der Waals surface area contributed by atoms with Crippen LogP contribution in [0.1, 0.15) is 51.5 Å². The van der Waals surface area contributed by atoms with E-state index in [1.165, 1.54) is 0 Å². The van der Waals surface area contributed by atoms with E-state index in [9.17, 15) is 4.79 Å². The van der Waals surface area contributed by atoms with Crippen molar-refractivity contribution in [3.63, 3.8) is 0 Å². The number of nitrogens with zero attached hydrogens (tertiary/aromatic N) is 4. The van der Waals surface area contributed by atoms with Crippen LogP contribution in [0.2, 0.25) is 15.1 Å². The first-order valence-corrected chi connectivity index (χ1v) is 13.2. The second-order valence-electron chi connectivity index (χ2n) is 9.76. The van der Waals surface area contributed by atoms with Crippen molar-refractivity contribution in [1.29, 1.82) is 0 Å². The van der Waals surface area contributed by atoms with Gasteiger partial charge in [0.1, 0.15) is 5.52 Å². The van der Waals surface area contributed by atoms with Crippen molar-refractivity contribution in [2.24, 2.45) is 11.1 Å². The molecule has 0 radical (unpaired) electrons. The highest BCUT2D eigenvalue weighted by Crippen LogP contribution is 2.43. The first kappa shape index (κ1) is 25.3. The van der Waals surface area contributed by atoms with Gasteiger partial charge < -0.3 is 21.1 Å². The Morgan fingerprint density at radius 2 is 1.78 bits per heavy atom. The molecule has 3 heterocycles. The molecule has 1 aromatic carbocycles.